The highest BCUT2D eigenvalue weighted by Crippen LogP contribution is 2.21. The molecule has 0 bridgehead atoms. The molecule has 1 saturated heterocycles. The lowest BCUT2D eigenvalue weighted by atomic mass is 9.98. The Morgan fingerprint density at radius 3 is 2.08 bits per heavy atom. The molecule has 2 N–H and O–H groups in total. The zero-order valence-corrected chi connectivity index (χ0v) is 21.9. The van der Waals surface area contributed by atoms with Gasteiger partial charge in [0.05, 0.1) is 24.2 Å². The molecule has 0 aromatic heterocycles. The third-order valence-electron chi connectivity index (χ3n) is 6.09. The standard InChI is InChI=1S/C27H33N3O6S/c1-19(2)24(25(31)20(3)37(34,35)22-12-8-5-9-13-22)29-26(32)23(18-21-10-6-4-7-11-21)28-27(33)30-14-16-36-17-15-30/h4-13,19,23-24H,3,14-18H2,1-2H3,(H,28,33)(H,29,32)/t23-,24-/m0/s1. The second kappa shape index (κ2) is 12.6. The number of amides is 3. The first kappa shape index (κ1) is 28.1. The van der Waals surface area contributed by atoms with E-state index in [0.717, 1.165) is 5.56 Å². The monoisotopic (exact) mass is 527 g/mol. The van der Waals surface area contributed by atoms with Gasteiger partial charge in [-0.15, -0.1) is 0 Å². The summed E-state index contributed by atoms with van der Waals surface area (Å²) in [6, 6.07) is 14.1. The second-order valence-electron chi connectivity index (χ2n) is 9.13. The Kier molecular flexibility index (Phi) is 9.60. The van der Waals surface area contributed by atoms with Gasteiger partial charge >= 0.3 is 6.03 Å². The lowest BCUT2D eigenvalue weighted by Gasteiger charge is -2.30. The van der Waals surface area contributed by atoms with Crippen LogP contribution in [0, 0.1) is 5.92 Å². The number of hydrogen-bond donors (Lipinski definition) is 2. The van der Waals surface area contributed by atoms with Gasteiger partial charge in [0.15, 0.2) is 5.78 Å². The quantitative estimate of drug-likeness (QED) is 0.458. The van der Waals surface area contributed by atoms with E-state index >= 15 is 0 Å². The minimum absolute atomic E-state index is 0.0538. The van der Waals surface area contributed by atoms with E-state index in [2.05, 4.69) is 17.2 Å². The molecule has 1 fully saturated rings. The Labute approximate surface area is 217 Å². The summed E-state index contributed by atoms with van der Waals surface area (Å²) < 4.78 is 31.2. The van der Waals surface area contributed by atoms with Crippen LogP contribution in [-0.4, -0.2) is 69.4 Å². The van der Waals surface area contributed by atoms with Crippen LogP contribution >= 0.6 is 0 Å². The first-order valence-electron chi connectivity index (χ1n) is 12.1. The number of nitrogens with one attached hydrogen (secondary N) is 2. The smallest absolute Gasteiger partial charge is 0.318 e. The van der Waals surface area contributed by atoms with Crippen molar-refractivity contribution in [1.29, 1.82) is 0 Å². The number of ether oxygens (including phenoxy) is 1. The molecule has 1 heterocycles. The number of benzene rings is 2. The minimum Gasteiger partial charge on any atom is -0.378 e. The van der Waals surface area contributed by atoms with E-state index < -0.39 is 50.5 Å². The molecule has 2 aromatic carbocycles. The van der Waals surface area contributed by atoms with Crippen molar-refractivity contribution in [2.75, 3.05) is 26.3 Å². The zero-order valence-electron chi connectivity index (χ0n) is 21.1. The van der Waals surface area contributed by atoms with E-state index in [0.29, 0.717) is 26.3 Å². The fourth-order valence-electron chi connectivity index (χ4n) is 3.90. The Morgan fingerprint density at radius 2 is 1.51 bits per heavy atom. The molecule has 0 unspecified atom stereocenters. The highest BCUT2D eigenvalue weighted by atomic mass is 32.2. The lowest BCUT2D eigenvalue weighted by molar-refractivity contribution is -0.128. The number of morpholine rings is 1. The number of nitrogens with zero attached hydrogens (tertiary/aromatic N) is 1. The third kappa shape index (κ3) is 7.27. The largest absolute Gasteiger partial charge is 0.378 e. The number of urea groups is 1. The average molecular weight is 528 g/mol. The molecule has 0 spiro atoms. The number of sulfone groups is 1. The molecule has 0 saturated carbocycles. The highest BCUT2D eigenvalue weighted by molar-refractivity contribution is 7.96. The third-order valence-corrected chi connectivity index (χ3v) is 7.84. The van der Waals surface area contributed by atoms with E-state index in [1.54, 1.807) is 36.9 Å². The maximum absolute atomic E-state index is 13.4. The van der Waals surface area contributed by atoms with Gasteiger partial charge < -0.3 is 20.3 Å². The van der Waals surface area contributed by atoms with E-state index in [1.165, 1.54) is 12.1 Å². The topological polar surface area (TPSA) is 122 Å². The molecule has 2 aromatic rings. The van der Waals surface area contributed by atoms with Crippen LogP contribution in [0.25, 0.3) is 0 Å². The fraction of sp³-hybridized carbons (Fsp3) is 0.370. The maximum atomic E-state index is 13.4. The number of rotatable bonds is 10. The van der Waals surface area contributed by atoms with Gasteiger partial charge in [0.2, 0.25) is 15.7 Å². The van der Waals surface area contributed by atoms with Gasteiger partial charge in [-0.1, -0.05) is 69.0 Å². The second-order valence-corrected chi connectivity index (χ2v) is 11.1. The predicted octanol–water partition coefficient (Wildman–Crippen LogP) is 2.34. The number of carbonyl (C=O) groups excluding carboxylic acids is 3. The van der Waals surface area contributed by atoms with Crippen molar-refractivity contribution in [2.24, 2.45) is 5.92 Å². The van der Waals surface area contributed by atoms with Crippen LogP contribution in [0.4, 0.5) is 4.79 Å². The van der Waals surface area contributed by atoms with Gasteiger partial charge in [0.25, 0.3) is 0 Å². The fourth-order valence-corrected chi connectivity index (χ4v) is 5.09. The van der Waals surface area contributed by atoms with E-state index in [1.807, 2.05) is 30.3 Å². The summed E-state index contributed by atoms with van der Waals surface area (Å²) in [6.45, 7) is 8.57. The Bertz CT molecular complexity index is 1210. The molecule has 10 heteroatoms. The molecule has 0 radical (unpaired) electrons. The van der Waals surface area contributed by atoms with Gasteiger partial charge in [-0.25, -0.2) is 13.2 Å². The van der Waals surface area contributed by atoms with Gasteiger partial charge in [-0.05, 0) is 23.6 Å². The number of carbonyl (C=O) groups is 3. The summed E-state index contributed by atoms with van der Waals surface area (Å²) in [5, 5.41) is 5.45. The predicted molar refractivity (Wildman–Crippen MR) is 139 cm³/mol. The van der Waals surface area contributed by atoms with Crippen LogP contribution in [0.2, 0.25) is 0 Å². The summed E-state index contributed by atoms with van der Waals surface area (Å²) in [5.74, 6) is -1.83. The number of hydrogen-bond acceptors (Lipinski definition) is 6. The molecule has 1 aliphatic rings. The first-order chi connectivity index (χ1) is 17.6. The van der Waals surface area contributed by atoms with Crippen LogP contribution in [-0.2, 0) is 30.6 Å². The van der Waals surface area contributed by atoms with Crippen LogP contribution in [0.3, 0.4) is 0 Å². The molecule has 37 heavy (non-hydrogen) atoms. The van der Waals surface area contributed by atoms with Crippen molar-refractivity contribution in [3.8, 4) is 0 Å². The van der Waals surface area contributed by atoms with Gasteiger partial charge in [0, 0.05) is 19.5 Å². The molecule has 2 atom stereocenters. The number of ketones is 1. The molecular weight excluding hydrogens is 494 g/mol. The Balaban J connectivity index is 1.80. The highest BCUT2D eigenvalue weighted by Gasteiger charge is 2.35. The van der Waals surface area contributed by atoms with E-state index in [-0.39, 0.29) is 11.3 Å². The van der Waals surface area contributed by atoms with Crippen LogP contribution < -0.4 is 10.6 Å². The van der Waals surface area contributed by atoms with Crippen molar-refractivity contribution in [2.45, 2.75) is 37.2 Å². The molecule has 1 aliphatic heterocycles. The minimum atomic E-state index is -4.14. The molecule has 3 rings (SSSR count). The summed E-state index contributed by atoms with van der Waals surface area (Å²) in [4.78, 5) is 40.5. The van der Waals surface area contributed by atoms with E-state index in [4.69, 9.17) is 4.74 Å². The molecule has 9 nitrogen and oxygen atoms in total. The van der Waals surface area contributed by atoms with Gasteiger partial charge in [-0.2, -0.15) is 0 Å². The van der Waals surface area contributed by atoms with Crippen molar-refractivity contribution >= 4 is 27.6 Å². The lowest BCUT2D eigenvalue weighted by Crippen LogP contribution is -2.57. The Morgan fingerprint density at radius 1 is 0.946 bits per heavy atom. The normalized spacial score (nSPS) is 15.5. The SMILES string of the molecule is C=C(C(=O)[C@@H](NC(=O)[C@H](Cc1ccccc1)NC(=O)N1CCOCC1)C(C)C)S(=O)(=O)c1ccccc1. The summed E-state index contributed by atoms with van der Waals surface area (Å²) in [5.41, 5.74) is 0.813. The Hall–Kier alpha value is -3.50. The summed E-state index contributed by atoms with van der Waals surface area (Å²) >= 11 is 0. The van der Waals surface area contributed by atoms with Crippen molar-refractivity contribution in [3.05, 3.63) is 77.7 Å². The maximum Gasteiger partial charge on any atom is 0.318 e. The van der Waals surface area contributed by atoms with Crippen molar-refractivity contribution in [3.63, 3.8) is 0 Å². The van der Waals surface area contributed by atoms with Crippen LogP contribution in [0.15, 0.2) is 77.0 Å². The summed E-state index contributed by atoms with van der Waals surface area (Å²) in [7, 11) is -4.14. The average Bonchev–Trinajstić information content (AvgIpc) is 2.91. The molecule has 3 amide bonds. The molecular formula is C27H33N3O6S. The van der Waals surface area contributed by atoms with Gasteiger partial charge in [0.1, 0.15) is 10.9 Å². The zero-order chi connectivity index (χ0) is 27.0. The first-order valence-corrected chi connectivity index (χ1v) is 13.6. The van der Waals surface area contributed by atoms with Crippen LogP contribution in [0.5, 0.6) is 0 Å². The van der Waals surface area contributed by atoms with Crippen LogP contribution in [0.1, 0.15) is 19.4 Å². The number of Topliss-reactive ketones (excluding diaryl/α,β-unsaturated/α-hetero) is 1. The van der Waals surface area contributed by atoms with Crippen molar-refractivity contribution in [1.82, 2.24) is 15.5 Å². The van der Waals surface area contributed by atoms with Crippen molar-refractivity contribution < 1.29 is 27.5 Å². The molecule has 0 aliphatic carbocycles. The van der Waals surface area contributed by atoms with E-state index in [9.17, 15) is 22.8 Å². The van der Waals surface area contributed by atoms with Gasteiger partial charge in [-0.3, -0.25) is 9.59 Å². The summed E-state index contributed by atoms with van der Waals surface area (Å²) in [6.07, 6.45) is 0.186. The molecule has 198 valence electrons.